The number of anilines is 1. The molecule has 0 aliphatic carbocycles. The molecule has 132 valence electrons. The maximum absolute atomic E-state index is 12.2. The molecule has 0 aromatic heterocycles. The van der Waals surface area contributed by atoms with Crippen LogP contribution < -0.4 is 10.1 Å². The number of aromatic carboxylic acids is 1. The Morgan fingerprint density at radius 3 is 2.64 bits per heavy atom. The van der Waals surface area contributed by atoms with Gasteiger partial charge in [0, 0.05) is 4.47 Å². The maximum Gasteiger partial charge on any atom is 0.337 e. The Bertz CT molecular complexity index is 776. The van der Waals surface area contributed by atoms with Gasteiger partial charge in [0.15, 0.2) is 6.61 Å². The summed E-state index contributed by atoms with van der Waals surface area (Å²) in [6.07, 6.45) is 0.966. The summed E-state index contributed by atoms with van der Waals surface area (Å²) in [4.78, 5) is 23.4. The van der Waals surface area contributed by atoms with Gasteiger partial charge in [-0.05, 0) is 42.2 Å². The van der Waals surface area contributed by atoms with E-state index in [1.807, 2.05) is 24.3 Å². The Labute approximate surface area is 155 Å². The standard InChI is InChI=1S/C19H20BrNO4/c1-3-12(2)14-6-4-5-7-17(14)25-11-18(22)21-16-9-8-13(20)10-15(16)19(23)24/h4-10,12H,3,11H2,1-2H3,(H,21,22)(H,23,24)/t12-/m1/s1. The Balaban J connectivity index is 2.07. The molecule has 2 N–H and O–H groups in total. The number of benzene rings is 2. The van der Waals surface area contributed by atoms with Crippen molar-refractivity contribution in [1.82, 2.24) is 0 Å². The molecule has 0 saturated carbocycles. The molecule has 0 fully saturated rings. The van der Waals surface area contributed by atoms with Crippen LogP contribution in [0.2, 0.25) is 0 Å². The van der Waals surface area contributed by atoms with Crippen LogP contribution in [0.4, 0.5) is 5.69 Å². The van der Waals surface area contributed by atoms with Crippen LogP contribution in [0.1, 0.15) is 42.1 Å². The van der Waals surface area contributed by atoms with Crippen LogP contribution in [0.25, 0.3) is 0 Å². The lowest BCUT2D eigenvalue weighted by molar-refractivity contribution is -0.118. The summed E-state index contributed by atoms with van der Waals surface area (Å²) >= 11 is 3.22. The highest BCUT2D eigenvalue weighted by Crippen LogP contribution is 2.28. The number of nitrogens with one attached hydrogen (secondary N) is 1. The molecule has 2 aromatic rings. The van der Waals surface area contributed by atoms with Crippen molar-refractivity contribution < 1.29 is 19.4 Å². The minimum atomic E-state index is -1.11. The fourth-order valence-electron chi connectivity index (χ4n) is 2.37. The number of hydrogen-bond donors (Lipinski definition) is 2. The Kier molecular flexibility index (Phi) is 6.58. The van der Waals surface area contributed by atoms with Gasteiger partial charge in [-0.2, -0.15) is 0 Å². The van der Waals surface area contributed by atoms with Gasteiger partial charge >= 0.3 is 5.97 Å². The summed E-state index contributed by atoms with van der Waals surface area (Å²) in [7, 11) is 0. The van der Waals surface area contributed by atoms with Crippen LogP contribution in [0.15, 0.2) is 46.9 Å². The van der Waals surface area contributed by atoms with E-state index < -0.39 is 11.9 Å². The summed E-state index contributed by atoms with van der Waals surface area (Å²) in [6, 6.07) is 12.3. The minimum Gasteiger partial charge on any atom is -0.483 e. The van der Waals surface area contributed by atoms with Gasteiger partial charge in [0.1, 0.15) is 5.75 Å². The van der Waals surface area contributed by atoms with Crippen molar-refractivity contribution in [2.24, 2.45) is 0 Å². The van der Waals surface area contributed by atoms with E-state index >= 15 is 0 Å². The zero-order valence-electron chi connectivity index (χ0n) is 14.1. The van der Waals surface area contributed by atoms with E-state index in [1.54, 1.807) is 12.1 Å². The Morgan fingerprint density at radius 2 is 1.96 bits per heavy atom. The largest absolute Gasteiger partial charge is 0.483 e. The predicted molar refractivity (Wildman–Crippen MR) is 100 cm³/mol. The number of rotatable bonds is 7. The first-order valence-corrected chi connectivity index (χ1v) is 8.76. The van der Waals surface area contributed by atoms with Gasteiger partial charge in [-0.3, -0.25) is 4.79 Å². The third-order valence-corrected chi connectivity index (χ3v) is 4.40. The topological polar surface area (TPSA) is 75.6 Å². The van der Waals surface area contributed by atoms with Gasteiger partial charge in [-0.1, -0.05) is 48.0 Å². The van der Waals surface area contributed by atoms with E-state index in [0.29, 0.717) is 16.1 Å². The van der Waals surface area contributed by atoms with Crippen LogP contribution >= 0.6 is 15.9 Å². The van der Waals surface area contributed by atoms with Crippen molar-refractivity contribution in [2.75, 3.05) is 11.9 Å². The number of carbonyl (C=O) groups excluding carboxylic acids is 1. The highest BCUT2D eigenvalue weighted by Gasteiger charge is 2.15. The van der Waals surface area contributed by atoms with Crippen molar-refractivity contribution >= 4 is 33.5 Å². The second-order valence-corrected chi connectivity index (χ2v) is 6.59. The quantitative estimate of drug-likeness (QED) is 0.700. The van der Waals surface area contributed by atoms with Crippen molar-refractivity contribution in [3.05, 3.63) is 58.1 Å². The van der Waals surface area contributed by atoms with E-state index in [0.717, 1.165) is 12.0 Å². The molecule has 2 aromatic carbocycles. The molecule has 0 heterocycles. The lowest BCUT2D eigenvalue weighted by Gasteiger charge is -2.15. The SMILES string of the molecule is CC[C@@H](C)c1ccccc1OCC(=O)Nc1ccc(Br)cc1C(=O)O. The third kappa shape index (κ3) is 5.06. The van der Waals surface area contributed by atoms with E-state index in [4.69, 9.17) is 4.74 Å². The lowest BCUT2D eigenvalue weighted by Crippen LogP contribution is -2.22. The van der Waals surface area contributed by atoms with E-state index in [9.17, 15) is 14.7 Å². The smallest absolute Gasteiger partial charge is 0.337 e. The second kappa shape index (κ2) is 8.67. The maximum atomic E-state index is 12.2. The average molecular weight is 406 g/mol. The van der Waals surface area contributed by atoms with Crippen molar-refractivity contribution in [3.63, 3.8) is 0 Å². The summed E-state index contributed by atoms with van der Waals surface area (Å²) < 4.78 is 6.28. The molecule has 6 heteroatoms. The Hall–Kier alpha value is -2.34. The van der Waals surface area contributed by atoms with Crippen molar-refractivity contribution in [3.8, 4) is 5.75 Å². The Morgan fingerprint density at radius 1 is 1.24 bits per heavy atom. The monoisotopic (exact) mass is 405 g/mol. The first kappa shape index (κ1) is 19.0. The van der Waals surface area contributed by atoms with Crippen LogP contribution in [-0.2, 0) is 4.79 Å². The second-order valence-electron chi connectivity index (χ2n) is 5.68. The number of carbonyl (C=O) groups is 2. The average Bonchev–Trinajstić information content (AvgIpc) is 2.61. The summed E-state index contributed by atoms with van der Waals surface area (Å²) in [6.45, 7) is 4.00. The molecule has 0 bridgehead atoms. The molecule has 0 saturated heterocycles. The third-order valence-electron chi connectivity index (χ3n) is 3.91. The van der Waals surface area contributed by atoms with Gasteiger partial charge in [0.25, 0.3) is 5.91 Å². The van der Waals surface area contributed by atoms with Crippen LogP contribution in [0, 0.1) is 0 Å². The summed E-state index contributed by atoms with van der Waals surface area (Å²) in [5, 5.41) is 11.8. The number of hydrogen-bond acceptors (Lipinski definition) is 3. The van der Waals surface area contributed by atoms with Crippen LogP contribution in [-0.4, -0.2) is 23.6 Å². The molecule has 0 unspecified atom stereocenters. The highest BCUT2D eigenvalue weighted by atomic mass is 79.9. The fourth-order valence-corrected chi connectivity index (χ4v) is 2.73. The fraction of sp³-hybridized carbons (Fsp3) is 0.263. The first-order valence-electron chi connectivity index (χ1n) is 7.96. The summed E-state index contributed by atoms with van der Waals surface area (Å²) in [5.41, 5.74) is 1.30. The van der Waals surface area contributed by atoms with Crippen LogP contribution in [0.3, 0.4) is 0 Å². The van der Waals surface area contributed by atoms with Crippen molar-refractivity contribution in [2.45, 2.75) is 26.2 Å². The molecule has 5 nitrogen and oxygen atoms in total. The number of para-hydroxylation sites is 1. The molecular formula is C19H20BrNO4. The first-order chi connectivity index (χ1) is 11.9. The van der Waals surface area contributed by atoms with Crippen molar-refractivity contribution in [1.29, 1.82) is 0 Å². The van der Waals surface area contributed by atoms with Crippen LogP contribution in [0.5, 0.6) is 5.75 Å². The molecule has 1 amide bonds. The van der Waals surface area contributed by atoms with Gasteiger partial charge < -0.3 is 15.2 Å². The summed E-state index contributed by atoms with van der Waals surface area (Å²) in [5.74, 6) is -0.533. The molecule has 0 aliphatic heterocycles. The molecule has 0 spiro atoms. The molecule has 25 heavy (non-hydrogen) atoms. The zero-order chi connectivity index (χ0) is 18.4. The molecule has 1 atom stereocenters. The number of carboxylic acid groups (broad SMARTS) is 1. The van der Waals surface area contributed by atoms with Gasteiger partial charge in [0.05, 0.1) is 11.3 Å². The van der Waals surface area contributed by atoms with E-state index in [-0.39, 0.29) is 17.9 Å². The van der Waals surface area contributed by atoms with E-state index in [2.05, 4.69) is 35.1 Å². The predicted octanol–water partition coefficient (Wildman–Crippen LogP) is 4.68. The number of amides is 1. The highest BCUT2D eigenvalue weighted by molar-refractivity contribution is 9.10. The van der Waals surface area contributed by atoms with Gasteiger partial charge in [-0.25, -0.2) is 4.79 Å². The molecule has 2 rings (SSSR count). The molecular weight excluding hydrogens is 386 g/mol. The normalized spacial score (nSPS) is 11.6. The van der Waals surface area contributed by atoms with Gasteiger partial charge in [-0.15, -0.1) is 0 Å². The lowest BCUT2D eigenvalue weighted by atomic mass is 9.98. The van der Waals surface area contributed by atoms with E-state index in [1.165, 1.54) is 6.07 Å². The van der Waals surface area contributed by atoms with Gasteiger partial charge in [0.2, 0.25) is 0 Å². The number of carboxylic acids is 1. The minimum absolute atomic E-state index is 0.0164. The number of ether oxygens (including phenoxy) is 1. The molecule has 0 radical (unpaired) electrons. The molecule has 0 aliphatic rings. The number of halogens is 1. The zero-order valence-corrected chi connectivity index (χ0v) is 15.7.